The van der Waals surface area contributed by atoms with E-state index >= 15 is 0 Å². The number of ether oxygens (including phenoxy) is 1. The number of hydrogen-bond donors (Lipinski definition) is 0. The molecular weight excluding hydrogens is 194 g/mol. The fraction of sp³-hybridized carbons (Fsp3) is 0.857. The van der Waals surface area contributed by atoms with Crippen LogP contribution in [0.3, 0.4) is 0 Å². The van der Waals surface area contributed by atoms with Crippen molar-refractivity contribution in [3.8, 4) is 0 Å². The first-order chi connectivity index (χ1) is 6.04. The second-order valence-electron chi connectivity index (χ2n) is 3.40. The lowest BCUT2D eigenvalue weighted by Gasteiger charge is -2.10. The van der Waals surface area contributed by atoms with Gasteiger partial charge < -0.3 is 4.74 Å². The van der Waals surface area contributed by atoms with Crippen LogP contribution < -0.4 is 0 Å². The van der Waals surface area contributed by atoms with E-state index in [1.54, 1.807) is 0 Å². The Morgan fingerprint density at radius 2 is 2.23 bits per heavy atom. The minimum absolute atomic E-state index is 0.121. The van der Waals surface area contributed by atoms with E-state index in [4.69, 9.17) is 4.74 Å². The molecule has 2 rings (SSSR count). The molecule has 0 N–H and O–H groups in total. The van der Waals surface area contributed by atoms with Crippen molar-refractivity contribution in [1.82, 2.24) is 4.31 Å². The summed E-state index contributed by atoms with van der Waals surface area (Å²) in [5, 5.41) is 0. The minimum Gasteiger partial charge on any atom is -0.380 e. The molecule has 0 radical (unpaired) electrons. The molecular formula is C7H11NO4S. The molecule has 0 saturated carbocycles. The van der Waals surface area contributed by atoms with Gasteiger partial charge in [0.25, 0.3) is 0 Å². The van der Waals surface area contributed by atoms with Gasteiger partial charge in [-0.1, -0.05) is 0 Å². The maximum atomic E-state index is 11.4. The number of sulfonamides is 1. The summed E-state index contributed by atoms with van der Waals surface area (Å²) in [6.45, 7) is 0.329. The Kier molecular flexibility index (Phi) is 1.94. The van der Waals surface area contributed by atoms with Crippen molar-refractivity contribution in [2.24, 2.45) is 0 Å². The standard InChI is InChI=1S/C7H11NO4S/c1-12-5-2-6-7(9)4-13(10,11)8(6)3-5/h5-6H,2-4H2,1H3. The quantitative estimate of drug-likeness (QED) is 0.550. The second kappa shape index (κ2) is 2.76. The van der Waals surface area contributed by atoms with Gasteiger partial charge in [-0.15, -0.1) is 0 Å². The molecule has 2 unspecified atom stereocenters. The number of carbonyl (C=O) groups excluding carboxylic acids is 1. The van der Waals surface area contributed by atoms with Crippen LogP contribution in [0.4, 0.5) is 0 Å². The zero-order chi connectivity index (χ0) is 9.64. The third-order valence-corrected chi connectivity index (χ3v) is 4.37. The molecule has 2 fully saturated rings. The predicted molar refractivity (Wildman–Crippen MR) is 44.7 cm³/mol. The van der Waals surface area contributed by atoms with Crippen LogP contribution in [0, 0.1) is 0 Å². The van der Waals surface area contributed by atoms with E-state index in [0.29, 0.717) is 13.0 Å². The van der Waals surface area contributed by atoms with Crippen LogP contribution in [0.5, 0.6) is 0 Å². The minimum atomic E-state index is -3.31. The number of Topliss-reactive ketones (excluding diaryl/α,β-unsaturated/α-hetero) is 1. The molecule has 2 atom stereocenters. The normalized spacial score (nSPS) is 38.1. The molecule has 2 heterocycles. The first-order valence-electron chi connectivity index (χ1n) is 4.09. The first kappa shape index (κ1) is 9.11. The molecule has 6 heteroatoms. The average Bonchev–Trinajstić information content (AvgIpc) is 2.53. The summed E-state index contributed by atoms with van der Waals surface area (Å²) in [6.07, 6.45) is 0.387. The van der Waals surface area contributed by atoms with Gasteiger partial charge in [-0.25, -0.2) is 8.42 Å². The monoisotopic (exact) mass is 205 g/mol. The zero-order valence-electron chi connectivity index (χ0n) is 7.26. The van der Waals surface area contributed by atoms with Crippen LogP contribution in [0.15, 0.2) is 0 Å². The van der Waals surface area contributed by atoms with Crippen molar-refractivity contribution in [1.29, 1.82) is 0 Å². The highest BCUT2D eigenvalue weighted by molar-refractivity contribution is 7.90. The van der Waals surface area contributed by atoms with Crippen LogP contribution in [0.1, 0.15) is 6.42 Å². The van der Waals surface area contributed by atoms with Gasteiger partial charge in [-0.2, -0.15) is 4.31 Å². The third kappa shape index (κ3) is 1.29. The lowest BCUT2D eigenvalue weighted by molar-refractivity contribution is -0.118. The Bertz CT molecular complexity index is 336. The van der Waals surface area contributed by atoms with Crippen LogP contribution in [-0.4, -0.2) is 50.1 Å². The molecule has 0 aromatic heterocycles. The summed E-state index contributed by atoms with van der Waals surface area (Å²) in [4.78, 5) is 11.3. The van der Waals surface area contributed by atoms with Gasteiger partial charge in [-0.05, 0) is 6.42 Å². The molecule has 2 aliphatic heterocycles. The number of nitrogens with zero attached hydrogens (tertiary/aromatic N) is 1. The van der Waals surface area contributed by atoms with E-state index in [-0.39, 0.29) is 17.6 Å². The van der Waals surface area contributed by atoms with Crippen molar-refractivity contribution in [2.75, 3.05) is 19.4 Å². The summed E-state index contributed by atoms with van der Waals surface area (Å²) in [5.74, 6) is -0.520. The van der Waals surface area contributed by atoms with Crippen molar-refractivity contribution in [3.05, 3.63) is 0 Å². The van der Waals surface area contributed by atoms with Crippen molar-refractivity contribution < 1.29 is 17.9 Å². The topological polar surface area (TPSA) is 63.7 Å². The van der Waals surface area contributed by atoms with Gasteiger partial charge in [0, 0.05) is 13.7 Å². The van der Waals surface area contributed by atoms with E-state index in [9.17, 15) is 13.2 Å². The van der Waals surface area contributed by atoms with Gasteiger partial charge >= 0.3 is 0 Å². The van der Waals surface area contributed by atoms with Gasteiger partial charge in [0.05, 0.1) is 12.1 Å². The van der Waals surface area contributed by atoms with Crippen LogP contribution in [0.2, 0.25) is 0 Å². The fourth-order valence-electron chi connectivity index (χ4n) is 1.90. The molecule has 2 aliphatic rings. The van der Waals surface area contributed by atoms with E-state index in [1.165, 1.54) is 11.4 Å². The average molecular weight is 205 g/mol. The summed E-state index contributed by atoms with van der Waals surface area (Å²) in [6, 6.07) is -0.449. The van der Waals surface area contributed by atoms with Crippen molar-refractivity contribution in [3.63, 3.8) is 0 Å². The molecule has 0 aliphatic carbocycles. The highest BCUT2D eigenvalue weighted by Gasteiger charge is 2.50. The van der Waals surface area contributed by atoms with Gasteiger partial charge in [0.15, 0.2) is 5.78 Å². The Morgan fingerprint density at radius 1 is 1.54 bits per heavy atom. The van der Waals surface area contributed by atoms with Gasteiger partial charge in [0.1, 0.15) is 5.75 Å². The van der Waals surface area contributed by atoms with Crippen molar-refractivity contribution in [2.45, 2.75) is 18.6 Å². The lowest BCUT2D eigenvalue weighted by Crippen LogP contribution is -2.29. The Morgan fingerprint density at radius 3 is 2.77 bits per heavy atom. The molecule has 0 bridgehead atoms. The van der Waals surface area contributed by atoms with Crippen molar-refractivity contribution >= 4 is 15.8 Å². The van der Waals surface area contributed by atoms with Crippen LogP contribution in [-0.2, 0) is 19.6 Å². The number of hydrogen-bond acceptors (Lipinski definition) is 4. The van der Waals surface area contributed by atoms with E-state index < -0.39 is 16.1 Å². The van der Waals surface area contributed by atoms with E-state index in [1.807, 2.05) is 0 Å². The highest BCUT2D eigenvalue weighted by Crippen LogP contribution is 2.29. The van der Waals surface area contributed by atoms with E-state index in [0.717, 1.165) is 0 Å². The second-order valence-corrected chi connectivity index (χ2v) is 5.32. The molecule has 2 saturated heterocycles. The van der Waals surface area contributed by atoms with E-state index in [2.05, 4.69) is 0 Å². The number of carbonyl (C=O) groups is 1. The molecule has 0 aromatic carbocycles. The predicted octanol–water partition coefficient (Wildman–Crippen LogP) is -1.01. The molecule has 0 aromatic rings. The van der Waals surface area contributed by atoms with Crippen LogP contribution >= 0.6 is 0 Å². The number of rotatable bonds is 1. The Hall–Kier alpha value is -0.460. The summed E-state index contributed by atoms with van der Waals surface area (Å²) < 4.78 is 29.0. The maximum Gasteiger partial charge on any atom is 0.222 e. The molecule has 13 heavy (non-hydrogen) atoms. The number of methoxy groups -OCH3 is 1. The SMILES string of the molecule is COC1CC2C(=O)CS(=O)(=O)N2C1. The lowest BCUT2D eigenvalue weighted by atomic mass is 10.1. The Balaban J connectivity index is 2.28. The van der Waals surface area contributed by atoms with Crippen LogP contribution in [0.25, 0.3) is 0 Å². The molecule has 0 amide bonds. The highest BCUT2D eigenvalue weighted by atomic mass is 32.2. The summed E-state index contributed by atoms with van der Waals surface area (Å²) >= 11 is 0. The maximum absolute atomic E-state index is 11.4. The molecule has 5 nitrogen and oxygen atoms in total. The fourth-order valence-corrected chi connectivity index (χ4v) is 3.60. The first-order valence-corrected chi connectivity index (χ1v) is 5.70. The largest absolute Gasteiger partial charge is 0.380 e. The molecule has 0 spiro atoms. The van der Waals surface area contributed by atoms with Gasteiger partial charge in [-0.3, -0.25) is 4.79 Å². The number of fused-ring (bicyclic) bond motifs is 1. The Labute approximate surface area is 76.7 Å². The third-order valence-electron chi connectivity index (χ3n) is 2.60. The summed E-state index contributed by atoms with van der Waals surface area (Å²) in [7, 11) is -1.78. The molecule has 74 valence electrons. The zero-order valence-corrected chi connectivity index (χ0v) is 8.08. The smallest absolute Gasteiger partial charge is 0.222 e. The van der Waals surface area contributed by atoms with Gasteiger partial charge in [0.2, 0.25) is 10.0 Å². The summed E-state index contributed by atoms with van der Waals surface area (Å²) in [5.41, 5.74) is 0. The number of ketones is 1.